The summed E-state index contributed by atoms with van der Waals surface area (Å²) in [4.78, 5) is 40.0. The third kappa shape index (κ3) is 4.63. The molecular formula is C18H18N4O3. The molecule has 0 bridgehead atoms. The van der Waals surface area contributed by atoms with E-state index >= 15 is 0 Å². The van der Waals surface area contributed by atoms with Crippen molar-refractivity contribution in [2.24, 2.45) is 0 Å². The summed E-state index contributed by atoms with van der Waals surface area (Å²) in [5.41, 5.74) is 1.50. The van der Waals surface area contributed by atoms with Gasteiger partial charge < -0.3 is 16.0 Å². The fourth-order valence-electron chi connectivity index (χ4n) is 2.23. The first-order valence-corrected chi connectivity index (χ1v) is 8.01. The van der Waals surface area contributed by atoms with Gasteiger partial charge in [0, 0.05) is 25.0 Å². The second-order valence-corrected chi connectivity index (χ2v) is 5.79. The Morgan fingerprint density at radius 3 is 2.44 bits per heavy atom. The van der Waals surface area contributed by atoms with Gasteiger partial charge in [-0.15, -0.1) is 0 Å². The molecule has 1 aliphatic rings. The molecule has 0 atom stereocenters. The Balaban J connectivity index is 1.64. The quantitative estimate of drug-likeness (QED) is 0.714. The van der Waals surface area contributed by atoms with E-state index in [2.05, 4.69) is 20.9 Å². The second-order valence-electron chi connectivity index (χ2n) is 5.79. The van der Waals surface area contributed by atoms with Crippen molar-refractivity contribution in [2.45, 2.75) is 25.4 Å². The minimum atomic E-state index is -0.777. The monoisotopic (exact) mass is 338 g/mol. The number of aromatic nitrogens is 1. The molecule has 1 saturated carbocycles. The smallest absolute Gasteiger partial charge is 0.313 e. The molecule has 128 valence electrons. The summed E-state index contributed by atoms with van der Waals surface area (Å²) in [6.07, 6.45) is 5.09. The first kappa shape index (κ1) is 16.6. The van der Waals surface area contributed by atoms with E-state index in [4.69, 9.17) is 0 Å². The molecule has 3 rings (SSSR count). The van der Waals surface area contributed by atoms with Gasteiger partial charge in [-0.3, -0.25) is 19.4 Å². The number of para-hydroxylation sites is 1. The molecule has 1 aromatic heterocycles. The average Bonchev–Trinajstić information content (AvgIpc) is 3.45. The molecule has 0 unspecified atom stereocenters. The van der Waals surface area contributed by atoms with Crippen LogP contribution in [0.15, 0.2) is 48.8 Å². The first-order valence-electron chi connectivity index (χ1n) is 8.01. The number of pyridine rings is 1. The zero-order valence-corrected chi connectivity index (χ0v) is 13.5. The number of nitrogens with one attached hydrogen (secondary N) is 3. The lowest BCUT2D eigenvalue weighted by Gasteiger charge is -2.11. The van der Waals surface area contributed by atoms with Gasteiger partial charge in [0.2, 0.25) is 0 Å². The van der Waals surface area contributed by atoms with Crippen LogP contribution in [0.4, 0.5) is 5.69 Å². The molecule has 7 nitrogen and oxygen atoms in total. The van der Waals surface area contributed by atoms with E-state index < -0.39 is 11.8 Å². The zero-order valence-electron chi connectivity index (χ0n) is 13.5. The van der Waals surface area contributed by atoms with Crippen LogP contribution < -0.4 is 16.0 Å². The molecule has 3 amide bonds. The third-order valence-corrected chi connectivity index (χ3v) is 3.74. The highest BCUT2D eigenvalue weighted by molar-refractivity contribution is 6.40. The van der Waals surface area contributed by atoms with Gasteiger partial charge in [-0.05, 0) is 42.7 Å². The summed E-state index contributed by atoms with van der Waals surface area (Å²) in [7, 11) is 0. The molecule has 0 aliphatic heterocycles. The number of carbonyl (C=O) groups is 3. The molecule has 0 radical (unpaired) electrons. The maximum absolute atomic E-state index is 12.4. The number of rotatable bonds is 5. The van der Waals surface area contributed by atoms with Gasteiger partial charge in [0.05, 0.1) is 11.3 Å². The van der Waals surface area contributed by atoms with E-state index in [1.807, 2.05) is 0 Å². The Morgan fingerprint density at radius 2 is 1.72 bits per heavy atom. The largest absolute Gasteiger partial charge is 0.348 e. The zero-order chi connectivity index (χ0) is 17.6. The SMILES string of the molecule is O=C(Nc1ccccc1C(=O)NCc1ccncc1)C(=O)NC1CC1. The molecule has 2 aromatic rings. The minimum Gasteiger partial charge on any atom is -0.348 e. The predicted molar refractivity (Wildman–Crippen MR) is 91.6 cm³/mol. The Kier molecular flexibility index (Phi) is 5.03. The van der Waals surface area contributed by atoms with Crippen LogP contribution in [0, 0.1) is 0 Å². The molecule has 7 heteroatoms. The summed E-state index contributed by atoms with van der Waals surface area (Å²) >= 11 is 0. The van der Waals surface area contributed by atoms with Crippen LogP contribution >= 0.6 is 0 Å². The molecule has 3 N–H and O–H groups in total. The van der Waals surface area contributed by atoms with Crippen LogP contribution in [-0.4, -0.2) is 28.7 Å². The summed E-state index contributed by atoms with van der Waals surface area (Å²) < 4.78 is 0. The number of nitrogens with zero attached hydrogens (tertiary/aromatic N) is 1. The summed E-state index contributed by atoms with van der Waals surface area (Å²) in [5, 5.41) is 7.89. The van der Waals surface area contributed by atoms with E-state index in [0.717, 1.165) is 18.4 Å². The summed E-state index contributed by atoms with van der Waals surface area (Å²) in [5.74, 6) is -1.80. The van der Waals surface area contributed by atoms with Crippen LogP contribution in [0.2, 0.25) is 0 Å². The number of hydrogen-bond acceptors (Lipinski definition) is 4. The van der Waals surface area contributed by atoms with Crippen molar-refractivity contribution >= 4 is 23.4 Å². The van der Waals surface area contributed by atoms with Gasteiger partial charge in [-0.1, -0.05) is 12.1 Å². The number of benzene rings is 1. The summed E-state index contributed by atoms with van der Waals surface area (Å²) in [6.45, 7) is 0.339. The van der Waals surface area contributed by atoms with Crippen molar-refractivity contribution < 1.29 is 14.4 Å². The van der Waals surface area contributed by atoms with Crippen molar-refractivity contribution in [1.29, 1.82) is 0 Å². The molecule has 0 spiro atoms. The maximum atomic E-state index is 12.4. The molecular weight excluding hydrogens is 320 g/mol. The van der Waals surface area contributed by atoms with Gasteiger partial charge in [0.1, 0.15) is 0 Å². The Labute approximate surface area is 144 Å². The van der Waals surface area contributed by atoms with Crippen molar-refractivity contribution in [3.8, 4) is 0 Å². The lowest BCUT2D eigenvalue weighted by molar-refractivity contribution is -0.136. The fourth-order valence-corrected chi connectivity index (χ4v) is 2.23. The maximum Gasteiger partial charge on any atom is 0.313 e. The molecule has 1 aliphatic carbocycles. The normalized spacial score (nSPS) is 13.0. The van der Waals surface area contributed by atoms with Crippen LogP contribution in [0.3, 0.4) is 0 Å². The number of amides is 3. The van der Waals surface area contributed by atoms with Crippen LogP contribution in [0.25, 0.3) is 0 Å². The number of anilines is 1. The van der Waals surface area contributed by atoms with Crippen LogP contribution in [0.1, 0.15) is 28.8 Å². The van der Waals surface area contributed by atoms with Crippen LogP contribution in [-0.2, 0) is 16.1 Å². The number of carbonyl (C=O) groups excluding carboxylic acids is 3. The van der Waals surface area contributed by atoms with Gasteiger partial charge in [-0.25, -0.2) is 0 Å². The van der Waals surface area contributed by atoms with E-state index in [0.29, 0.717) is 17.8 Å². The Hall–Kier alpha value is -3.22. The lowest BCUT2D eigenvalue weighted by atomic mass is 10.1. The highest BCUT2D eigenvalue weighted by atomic mass is 16.2. The van der Waals surface area contributed by atoms with Gasteiger partial charge in [0.25, 0.3) is 5.91 Å². The van der Waals surface area contributed by atoms with Gasteiger partial charge in [-0.2, -0.15) is 0 Å². The van der Waals surface area contributed by atoms with Crippen molar-refractivity contribution in [3.63, 3.8) is 0 Å². The Morgan fingerprint density at radius 1 is 1.00 bits per heavy atom. The van der Waals surface area contributed by atoms with Gasteiger partial charge >= 0.3 is 11.8 Å². The Bertz CT molecular complexity index is 788. The van der Waals surface area contributed by atoms with Crippen molar-refractivity contribution in [3.05, 3.63) is 59.9 Å². The van der Waals surface area contributed by atoms with E-state index in [1.165, 1.54) is 0 Å². The average molecular weight is 338 g/mol. The highest BCUT2D eigenvalue weighted by Crippen LogP contribution is 2.19. The van der Waals surface area contributed by atoms with Crippen molar-refractivity contribution in [2.75, 3.05) is 5.32 Å². The standard InChI is InChI=1S/C18H18N4O3/c23-16(20-11-12-7-9-19-10-8-12)14-3-1-2-4-15(14)22-18(25)17(24)21-13-5-6-13/h1-4,7-10,13H,5-6,11H2,(H,20,23)(H,21,24)(H,22,25). The van der Waals surface area contributed by atoms with E-state index in [1.54, 1.807) is 48.8 Å². The van der Waals surface area contributed by atoms with Crippen LogP contribution in [0.5, 0.6) is 0 Å². The highest BCUT2D eigenvalue weighted by Gasteiger charge is 2.26. The molecule has 1 heterocycles. The molecule has 25 heavy (non-hydrogen) atoms. The third-order valence-electron chi connectivity index (χ3n) is 3.74. The number of hydrogen-bond donors (Lipinski definition) is 3. The molecule has 0 saturated heterocycles. The fraction of sp³-hybridized carbons (Fsp3) is 0.222. The van der Waals surface area contributed by atoms with E-state index in [9.17, 15) is 14.4 Å². The first-order chi connectivity index (χ1) is 12.1. The van der Waals surface area contributed by atoms with E-state index in [-0.39, 0.29) is 11.9 Å². The van der Waals surface area contributed by atoms with Crippen molar-refractivity contribution in [1.82, 2.24) is 15.6 Å². The lowest BCUT2D eigenvalue weighted by Crippen LogP contribution is -2.37. The predicted octanol–water partition coefficient (Wildman–Crippen LogP) is 1.23. The minimum absolute atomic E-state index is 0.0946. The molecule has 1 aromatic carbocycles. The van der Waals surface area contributed by atoms with Gasteiger partial charge in [0.15, 0.2) is 0 Å². The molecule has 1 fully saturated rings. The second kappa shape index (κ2) is 7.57. The summed E-state index contributed by atoms with van der Waals surface area (Å²) in [6, 6.07) is 10.3. The topological polar surface area (TPSA) is 100 Å².